The van der Waals surface area contributed by atoms with Crippen LogP contribution in [0.3, 0.4) is 0 Å². The quantitative estimate of drug-likeness (QED) is 0.318. The first-order valence-corrected chi connectivity index (χ1v) is 3.68. The van der Waals surface area contributed by atoms with Gasteiger partial charge in [0.1, 0.15) is 12.2 Å². The summed E-state index contributed by atoms with van der Waals surface area (Å²) < 4.78 is 4.76. The van der Waals surface area contributed by atoms with Crippen molar-refractivity contribution >= 4 is 5.97 Å². The van der Waals surface area contributed by atoms with Crippen LogP contribution in [0.15, 0.2) is 11.6 Å². The predicted molar refractivity (Wildman–Crippen MR) is 43.1 cm³/mol. The smallest absolute Gasteiger partial charge is 0.337 e. The molecule has 0 amide bonds. The molecule has 3 nitrogen and oxygen atoms in total. The highest BCUT2D eigenvalue weighted by Crippen LogP contribution is 2.19. The minimum atomic E-state index is -0.835. The molecule has 0 spiro atoms. The van der Waals surface area contributed by atoms with Gasteiger partial charge in [-0.15, -0.1) is 5.92 Å². The number of hydrogen-bond donors (Lipinski definition) is 1. The Morgan fingerprint density at radius 1 is 1.67 bits per heavy atom. The van der Waals surface area contributed by atoms with Crippen LogP contribution < -0.4 is 0 Å². The molecule has 2 atom stereocenters. The van der Waals surface area contributed by atoms with E-state index in [9.17, 15) is 9.90 Å². The number of allylic oxidation sites excluding steroid dienone is 1. The van der Waals surface area contributed by atoms with E-state index in [0.29, 0.717) is 0 Å². The third kappa shape index (κ3) is 1.49. The zero-order valence-corrected chi connectivity index (χ0v) is 7.00. The zero-order chi connectivity index (χ0) is 9.14. The Hall–Kier alpha value is -1.27. The summed E-state index contributed by atoms with van der Waals surface area (Å²) in [6.07, 6.45) is 0.108. The number of cyclic esters (lactones) is 1. The van der Waals surface area contributed by atoms with Gasteiger partial charge in [0, 0.05) is 6.08 Å². The Balaban J connectivity index is 2.88. The van der Waals surface area contributed by atoms with Crippen LogP contribution in [0.1, 0.15) is 13.8 Å². The van der Waals surface area contributed by atoms with Crippen LogP contribution >= 0.6 is 0 Å². The Labute approximate surface area is 71.0 Å². The van der Waals surface area contributed by atoms with E-state index in [1.54, 1.807) is 13.8 Å². The summed E-state index contributed by atoms with van der Waals surface area (Å²) >= 11 is 0. The number of hydrogen-bond acceptors (Lipinski definition) is 3. The molecular weight excluding hydrogens is 156 g/mol. The molecule has 12 heavy (non-hydrogen) atoms. The SMILES string of the molecule is CC#C/C=C1/C(=O)O[C@@H](C)[C@@H]1O. The standard InChI is InChI=1S/C9H10O3/c1-3-4-5-7-8(10)6(2)12-9(7)11/h5-6,8,10H,1-2H3/b7-5+/t6-,8-/m0/s1. The van der Waals surface area contributed by atoms with E-state index in [4.69, 9.17) is 4.74 Å². The molecule has 0 aromatic carbocycles. The molecule has 0 aliphatic carbocycles. The minimum absolute atomic E-state index is 0.247. The fraction of sp³-hybridized carbons (Fsp3) is 0.444. The Morgan fingerprint density at radius 2 is 2.33 bits per heavy atom. The van der Waals surface area contributed by atoms with Gasteiger partial charge in [0.2, 0.25) is 0 Å². The molecule has 0 aromatic heterocycles. The molecule has 0 saturated carbocycles. The van der Waals surface area contributed by atoms with Gasteiger partial charge in [-0.05, 0) is 13.8 Å². The third-order valence-electron chi connectivity index (χ3n) is 1.66. The lowest BCUT2D eigenvalue weighted by molar-refractivity contribution is -0.138. The summed E-state index contributed by atoms with van der Waals surface area (Å²) in [5.41, 5.74) is 0.247. The van der Waals surface area contributed by atoms with Crippen LogP contribution in [0.4, 0.5) is 0 Å². The van der Waals surface area contributed by atoms with Crippen molar-refractivity contribution in [2.24, 2.45) is 0 Å². The molecule has 1 saturated heterocycles. The lowest BCUT2D eigenvalue weighted by atomic mass is 10.1. The van der Waals surface area contributed by atoms with Crippen LogP contribution in [-0.4, -0.2) is 23.3 Å². The van der Waals surface area contributed by atoms with Gasteiger partial charge in [0.15, 0.2) is 0 Å². The first kappa shape index (κ1) is 8.82. The minimum Gasteiger partial charge on any atom is -0.456 e. The van der Waals surface area contributed by atoms with Crippen molar-refractivity contribution in [1.82, 2.24) is 0 Å². The highest BCUT2D eigenvalue weighted by molar-refractivity contribution is 5.92. The maximum absolute atomic E-state index is 11.0. The average Bonchev–Trinajstić information content (AvgIpc) is 2.25. The van der Waals surface area contributed by atoms with Crippen LogP contribution in [0, 0.1) is 11.8 Å². The molecule has 64 valence electrons. The lowest BCUT2D eigenvalue weighted by Crippen LogP contribution is -2.17. The molecule has 0 radical (unpaired) electrons. The number of carbonyl (C=O) groups excluding carboxylic acids is 1. The molecule has 0 unspecified atom stereocenters. The van der Waals surface area contributed by atoms with Crippen LogP contribution in [-0.2, 0) is 9.53 Å². The van der Waals surface area contributed by atoms with Crippen LogP contribution in [0.5, 0.6) is 0 Å². The first-order valence-electron chi connectivity index (χ1n) is 3.68. The summed E-state index contributed by atoms with van der Waals surface area (Å²) in [6.45, 7) is 3.30. The summed E-state index contributed by atoms with van der Waals surface area (Å²) in [6, 6.07) is 0. The number of aliphatic hydroxyl groups excluding tert-OH is 1. The monoisotopic (exact) mass is 166 g/mol. The topological polar surface area (TPSA) is 46.5 Å². The fourth-order valence-corrected chi connectivity index (χ4v) is 0.969. The highest BCUT2D eigenvalue weighted by Gasteiger charge is 2.35. The van der Waals surface area contributed by atoms with E-state index < -0.39 is 18.2 Å². The molecular formula is C9H10O3. The van der Waals surface area contributed by atoms with E-state index in [1.165, 1.54) is 6.08 Å². The van der Waals surface area contributed by atoms with Gasteiger partial charge in [0.25, 0.3) is 0 Å². The van der Waals surface area contributed by atoms with Gasteiger partial charge < -0.3 is 9.84 Å². The molecule has 0 aromatic rings. The third-order valence-corrected chi connectivity index (χ3v) is 1.66. The van der Waals surface area contributed by atoms with Crippen molar-refractivity contribution in [2.45, 2.75) is 26.1 Å². The summed E-state index contributed by atoms with van der Waals surface area (Å²) in [5, 5.41) is 9.37. The Kier molecular flexibility index (Phi) is 2.51. The normalized spacial score (nSPS) is 31.2. The van der Waals surface area contributed by atoms with Crippen molar-refractivity contribution in [2.75, 3.05) is 0 Å². The number of aliphatic hydroxyl groups is 1. The highest BCUT2D eigenvalue weighted by atomic mass is 16.6. The van der Waals surface area contributed by atoms with E-state index in [-0.39, 0.29) is 5.57 Å². The van der Waals surface area contributed by atoms with E-state index >= 15 is 0 Å². The van der Waals surface area contributed by atoms with Gasteiger partial charge in [-0.1, -0.05) is 5.92 Å². The second kappa shape index (κ2) is 3.42. The number of carbonyl (C=O) groups is 1. The van der Waals surface area contributed by atoms with Crippen molar-refractivity contribution in [3.05, 3.63) is 11.6 Å². The van der Waals surface area contributed by atoms with Gasteiger partial charge in [-0.3, -0.25) is 0 Å². The van der Waals surface area contributed by atoms with Gasteiger partial charge >= 0.3 is 5.97 Å². The molecule has 1 rings (SSSR count). The molecule has 1 aliphatic heterocycles. The fourth-order valence-electron chi connectivity index (χ4n) is 0.969. The Morgan fingerprint density at radius 3 is 2.75 bits per heavy atom. The molecule has 1 N–H and O–H groups in total. The van der Waals surface area contributed by atoms with Crippen LogP contribution in [0.2, 0.25) is 0 Å². The molecule has 0 bridgehead atoms. The molecule has 3 heteroatoms. The van der Waals surface area contributed by atoms with E-state index in [1.807, 2.05) is 0 Å². The summed E-state index contributed by atoms with van der Waals surface area (Å²) in [4.78, 5) is 11.0. The predicted octanol–water partition coefficient (Wildman–Crippen LogP) is 0.242. The first-order chi connectivity index (χ1) is 5.66. The van der Waals surface area contributed by atoms with Gasteiger partial charge in [-0.2, -0.15) is 0 Å². The summed E-state index contributed by atoms with van der Waals surface area (Å²) in [7, 11) is 0. The maximum atomic E-state index is 11.0. The molecule has 1 fully saturated rings. The number of rotatable bonds is 0. The van der Waals surface area contributed by atoms with Gasteiger partial charge in [-0.25, -0.2) is 4.79 Å². The summed E-state index contributed by atoms with van der Waals surface area (Å²) in [5.74, 6) is 4.73. The zero-order valence-electron chi connectivity index (χ0n) is 7.00. The lowest BCUT2D eigenvalue weighted by Gasteiger charge is -2.03. The van der Waals surface area contributed by atoms with Crippen molar-refractivity contribution < 1.29 is 14.6 Å². The van der Waals surface area contributed by atoms with Crippen molar-refractivity contribution in [1.29, 1.82) is 0 Å². The number of esters is 1. The molecule has 1 heterocycles. The Bertz CT molecular complexity index is 280. The second-order valence-electron chi connectivity index (χ2n) is 2.55. The van der Waals surface area contributed by atoms with Crippen molar-refractivity contribution in [3.63, 3.8) is 0 Å². The average molecular weight is 166 g/mol. The van der Waals surface area contributed by atoms with E-state index in [0.717, 1.165) is 0 Å². The van der Waals surface area contributed by atoms with Gasteiger partial charge in [0.05, 0.1) is 5.57 Å². The van der Waals surface area contributed by atoms with E-state index in [2.05, 4.69) is 11.8 Å². The number of ether oxygens (including phenoxy) is 1. The second-order valence-corrected chi connectivity index (χ2v) is 2.55. The van der Waals surface area contributed by atoms with Crippen LogP contribution in [0.25, 0.3) is 0 Å². The molecule has 1 aliphatic rings. The van der Waals surface area contributed by atoms with Crippen molar-refractivity contribution in [3.8, 4) is 11.8 Å². The largest absolute Gasteiger partial charge is 0.456 e. The maximum Gasteiger partial charge on any atom is 0.337 e.